The van der Waals surface area contributed by atoms with Gasteiger partial charge in [-0.15, -0.1) is 0 Å². The normalized spacial score (nSPS) is 23.9. The van der Waals surface area contributed by atoms with E-state index < -0.39 is 0 Å². The SMILES string of the molecule is Oc1cccc2c1CCC2NC1CC=CC1. The maximum absolute atomic E-state index is 9.77. The van der Waals surface area contributed by atoms with E-state index in [9.17, 15) is 5.11 Å². The highest BCUT2D eigenvalue weighted by molar-refractivity contribution is 5.44. The van der Waals surface area contributed by atoms with Gasteiger partial charge >= 0.3 is 0 Å². The maximum Gasteiger partial charge on any atom is 0.119 e. The molecule has 0 saturated carbocycles. The molecule has 0 radical (unpaired) electrons. The molecule has 2 N–H and O–H groups in total. The molecular formula is C14H17NO. The molecular weight excluding hydrogens is 198 g/mol. The Labute approximate surface area is 96.0 Å². The summed E-state index contributed by atoms with van der Waals surface area (Å²) < 4.78 is 0. The largest absolute Gasteiger partial charge is 0.508 e. The summed E-state index contributed by atoms with van der Waals surface area (Å²) in [5, 5.41) is 13.5. The second-order valence-electron chi connectivity index (χ2n) is 4.74. The summed E-state index contributed by atoms with van der Waals surface area (Å²) >= 11 is 0. The van der Waals surface area contributed by atoms with Gasteiger partial charge in [-0.2, -0.15) is 0 Å². The third-order valence-corrected chi connectivity index (χ3v) is 3.69. The molecule has 0 aliphatic heterocycles. The molecule has 2 aliphatic carbocycles. The van der Waals surface area contributed by atoms with Gasteiger partial charge in [-0.05, 0) is 42.9 Å². The molecule has 1 atom stereocenters. The van der Waals surface area contributed by atoms with Gasteiger partial charge in [-0.25, -0.2) is 0 Å². The number of phenolic OH excluding ortho intramolecular Hbond substituents is 1. The molecule has 84 valence electrons. The summed E-state index contributed by atoms with van der Waals surface area (Å²) in [5.41, 5.74) is 2.44. The lowest BCUT2D eigenvalue weighted by atomic mass is 10.1. The molecule has 0 aromatic heterocycles. The Morgan fingerprint density at radius 2 is 2.00 bits per heavy atom. The van der Waals surface area contributed by atoms with Crippen molar-refractivity contribution in [2.24, 2.45) is 0 Å². The number of benzene rings is 1. The third-order valence-electron chi connectivity index (χ3n) is 3.69. The van der Waals surface area contributed by atoms with Crippen molar-refractivity contribution in [1.29, 1.82) is 0 Å². The van der Waals surface area contributed by atoms with Crippen LogP contribution in [0.15, 0.2) is 30.4 Å². The summed E-state index contributed by atoms with van der Waals surface area (Å²) in [5.74, 6) is 0.464. The van der Waals surface area contributed by atoms with Crippen LogP contribution in [0.5, 0.6) is 5.75 Å². The first-order chi connectivity index (χ1) is 7.84. The molecule has 2 aliphatic rings. The maximum atomic E-state index is 9.77. The van der Waals surface area contributed by atoms with Crippen molar-refractivity contribution in [1.82, 2.24) is 5.32 Å². The van der Waals surface area contributed by atoms with Crippen LogP contribution in [0.2, 0.25) is 0 Å². The van der Waals surface area contributed by atoms with Crippen LogP contribution >= 0.6 is 0 Å². The van der Waals surface area contributed by atoms with E-state index in [0.29, 0.717) is 17.8 Å². The molecule has 1 aromatic carbocycles. The van der Waals surface area contributed by atoms with E-state index in [1.165, 1.54) is 5.56 Å². The first kappa shape index (κ1) is 9.91. The van der Waals surface area contributed by atoms with Crippen LogP contribution in [0.1, 0.15) is 36.4 Å². The second kappa shape index (κ2) is 3.95. The molecule has 0 fully saturated rings. The molecule has 0 heterocycles. The fourth-order valence-electron chi connectivity index (χ4n) is 2.85. The smallest absolute Gasteiger partial charge is 0.119 e. The van der Waals surface area contributed by atoms with Crippen molar-refractivity contribution in [2.45, 2.75) is 37.8 Å². The second-order valence-corrected chi connectivity index (χ2v) is 4.74. The highest BCUT2D eigenvalue weighted by Crippen LogP contribution is 2.36. The quantitative estimate of drug-likeness (QED) is 0.743. The van der Waals surface area contributed by atoms with Gasteiger partial charge in [0.05, 0.1) is 0 Å². The molecule has 1 aromatic rings. The summed E-state index contributed by atoms with van der Waals surface area (Å²) in [6.45, 7) is 0. The standard InChI is InChI=1S/C14H17NO/c16-14-7-3-6-11-12(14)8-9-13(11)15-10-4-1-2-5-10/h1-3,6-7,10,13,15-16H,4-5,8-9H2. The summed E-state index contributed by atoms with van der Waals surface area (Å²) in [7, 11) is 0. The van der Waals surface area contributed by atoms with Crippen LogP contribution in [0.4, 0.5) is 0 Å². The van der Waals surface area contributed by atoms with Crippen molar-refractivity contribution in [3.05, 3.63) is 41.5 Å². The fourth-order valence-corrected chi connectivity index (χ4v) is 2.85. The molecule has 1 unspecified atom stereocenters. The lowest BCUT2D eigenvalue weighted by Crippen LogP contribution is -2.29. The zero-order valence-corrected chi connectivity index (χ0v) is 9.32. The van der Waals surface area contributed by atoms with Crippen LogP contribution < -0.4 is 5.32 Å². The van der Waals surface area contributed by atoms with Gasteiger partial charge in [0.25, 0.3) is 0 Å². The summed E-state index contributed by atoms with van der Waals surface area (Å²) in [4.78, 5) is 0. The van der Waals surface area contributed by atoms with E-state index in [1.54, 1.807) is 6.07 Å². The average molecular weight is 215 g/mol. The number of phenols is 1. The highest BCUT2D eigenvalue weighted by atomic mass is 16.3. The summed E-state index contributed by atoms with van der Waals surface area (Å²) in [6.07, 6.45) is 8.89. The molecule has 0 amide bonds. The fraction of sp³-hybridized carbons (Fsp3) is 0.429. The van der Waals surface area contributed by atoms with Crippen LogP contribution in [0.3, 0.4) is 0 Å². The van der Waals surface area contributed by atoms with Gasteiger partial charge in [-0.1, -0.05) is 24.3 Å². The number of hydrogen-bond acceptors (Lipinski definition) is 2. The first-order valence-electron chi connectivity index (χ1n) is 6.06. The molecule has 0 saturated heterocycles. The van der Waals surface area contributed by atoms with Crippen molar-refractivity contribution in [3.8, 4) is 5.75 Å². The lowest BCUT2D eigenvalue weighted by Gasteiger charge is -2.19. The Bertz CT molecular complexity index is 417. The molecule has 0 spiro atoms. The van der Waals surface area contributed by atoms with Gasteiger partial charge in [-0.3, -0.25) is 0 Å². The van der Waals surface area contributed by atoms with Crippen molar-refractivity contribution in [2.75, 3.05) is 0 Å². The molecule has 2 nitrogen and oxygen atoms in total. The van der Waals surface area contributed by atoms with Crippen molar-refractivity contribution in [3.63, 3.8) is 0 Å². The minimum absolute atomic E-state index is 0.437. The van der Waals surface area contributed by atoms with Crippen LogP contribution in [0.25, 0.3) is 0 Å². The van der Waals surface area contributed by atoms with E-state index in [2.05, 4.69) is 23.5 Å². The zero-order chi connectivity index (χ0) is 11.0. The zero-order valence-electron chi connectivity index (χ0n) is 9.32. The first-order valence-corrected chi connectivity index (χ1v) is 6.06. The monoisotopic (exact) mass is 215 g/mol. The van der Waals surface area contributed by atoms with Gasteiger partial charge < -0.3 is 10.4 Å². The summed E-state index contributed by atoms with van der Waals surface area (Å²) in [6, 6.07) is 6.91. The van der Waals surface area contributed by atoms with Crippen LogP contribution in [0, 0.1) is 0 Å². The molecule has 3 rings (SSSR count). The van der Waals surface area contributed by atoms with E-state index in [4.69, 9.17) is 0 Å². The van der Waals surface area contributed by atoms with Gasteiger partial charge in [0, 0.05) is 12.1 Å². The Morgan fingerprint density at radius 1 is 1.19 bits per heavy atom. The van der Waals surface area contributed by atoms with Gasteiger partial charge in [0.15, 0.2) is 0 Å². The number of hydrogen-bond donors (Lipinski definition) is 2. The predicted octanol–water partition coefficient (Wildman–Crippen LogP) is 2.69. The van der Waals surface area contributed by atoms with E-state index in [-0.39, 0.29) is 0 Å². The Kier molecular flexibility index (Phi) is 2.44. The third kappa shape index (κ3) is 1.63. The van der Waals surface area contributed by atoms with Crippen molar-refractivity contribution < 1.29 is 5.11 Å². The van der Waals surface area contributed by atoms with E-state index >= 15 is 0 Å². The lowest BCUT2D eigenvalue weighted by molar-refractivity contribution is 0.446. The van der Waals surface area contributed by atoms with Crippen LogP contribution in [-0.2, 0) is 6.42 Å². The Balaban J connectivity index is 1.78. The predicted molar refractivity (Wildman–Crippen MR) is 64.5 cm³/mol. The van der Waals surface area contributed by atoms with Crippen LogP contribution in [-0.4, -0.2) is 11.1 Å². The van der Waals surface area contributed by atoms with Gasteiger partial charge in [0.2, 0.25) is 0 Å². The van der Waals surface area contributed by atoms with E-state index in [0.717, 1.165) is 31.2 Å². The highest BCUT2D eigenvalue weighted by Gasteiger charge is 2.26. The number of nitrogens with one attached hydrogen (secondary N) is 1. The number of fused-ring (bicyclic) bond motifs is 1. The minimum Gasteiger partial charge on any atom is -0.508 e. The average Bonchev–Trinajstić information content (AvgIpc) is 2.90. The molecule has 0 bridgehead atoms. The molecule has 2 heteroatoms. The molecule has 16 heavy (non-hydrogen) atoms. The Morgan fingerprint density at radius 3 is 2.81 bits per heavy atom. The van der Waals surface area contributed by atoms with Crippen molar-refractivity contribution >= 4 is 0 Å². The minimum atomic E-state index is 0.437. The topological polar surface area (TPSA) is 32.3 Å². The number of aromatic hydroxyl groups is 1. The number of rotatable bonds is 2. The Hall–Kier alpha value is -1.28. The van der Waals surface area contributed by atoms with E-state index in [1.807, 2.05) is 6.07 Å². The van der Waals surface area contributed by atoms with Gasteiger partial charge in [0.1, 0.15) is 5.75 Å².